The minimum absolute atomic E-state index is 0.0192. The number of benzene rings is 1. The van der Waals surface area contributed by atoms with Crippen LogP contribution in [0.4, 0.5) is 5.69 Å². The van der Waals surface area contributed by atoms with Gasteiger partial charge in [-0.05, 0) is 19.2 Å². The number of anilines is 1. The Morgan fingerprint density at radius 2 is 2.27 bits per heavy atom. The molecule has 0 radical (unpaired) electrons. The lowest BCUT2D eigenvalue weighted by molar-refractivity contribution is -0.117. The Bertz CT molecular complexity index is 339. The summed E-state index contributed by atoms with van der Waals surface area (Å²) in [5.74, 6) is 0.766. The highest BCUT2D eigenvalue weighted by Crippen LogP contribution is 2.19. The molecule has 0 spiro atoms. The SMILES string of the molecule is CNCC(=O)N(C)c1cccc(OC)c1. The number of amides is 1. The molecule has 0 heterocycles. The van der Waals surface area contributed by atoms with Crippen molar-refractivity contribution in [3.05, 3.63) is 24.3 Å². The number of nitrogens with zero attached hydrogens (tertiary/aromatic N) is 1. The zero-order valence-electron chi connectivity index (χ0n) is 9.28. The number of rotatable bonds is 4. The fourth-order valence-electron chi connectivity index (χ4n) is 1.23. The van der Waals surface area contributed by atoms with E-state index >= 15 is 0 Å². The summed E-state index contributed by atoms with van der Waals surface area (Å²) in [4.78, 5) is 13.2. The highest BCUT2D eigenvalue weighted by molar-refractivity contribution is 5.94. The van der Waals surface area contributed by atoms with Crippen molar-refractivity contribution in [3.63, 3.8) is 0 Å². The van der Waals surface area contributed by atoms with Gasteiger partial charge in [-0.1, -0.05) is 6.07 Å². The molecule has 0 atom stereocenters. The van der Waals surface area contributed by atoms with Crippen LogP contribution in [0.2, 0.25) is 0 Å². The quantitative estimate of drug-likeness (QED) is 0.798. The zero-order chi connectivity index (χ0) is 11.3. The fourth-order valence-corrected chi connectivity index (χ4v) is 1.23. The van der Waals surface area contributed by atoms with Crippen molar-refractivity contribution >= 4 is 11.6 Å². The number of carbonyl (C=O) groups is 1. The highest BCUT2D eigenvalue weighted by Gasteiger charge is 2.09. The number of likely N-dealkylation sites (N-methyl/N-ethyl adjacent to an activating group) is 2. The molecule has 0 aromatic heterocycles. The summed E-state index contributed by atoms with van der Waals surface area (Å²) in [6.07, 6.45) is 0. The van der Waals surface area contributed by atoms with Gasteiger partial charge >= 0.3 is 0 Å². The largest absolute Gasteiger partial charge is 0.497 e. The fraction of sp³-hybridized carbons (Fsp3) is 0.364. The molecule has 0 fully saturated rings. The Labute approximate surface area is 89.8 Å². The molecule has 0 aliphatic heterocycles. The molecule has 1 amide bonds. The van der Waals surface area contributed by atoms with Gasteiger partial charge in [0.05, 0.1) is 13.7 Å². The summed E-state index contributed by atoms with van der Waals surface area (Å²) < 4.78 is 5.09. The Morgan fingerprint density at radius 3 is 2.87 bits per heavy atom. The molecule has 1 aromatic carbocycles. The first-order valence-corrected chi connectivity index (χ1v) is 4.74. The van der Waals surface area contributed by atoms with Gasteiger partial charge in [0.25, 0.3) is 0 Å². The summed E-state index contributed by atoms with van der Waals surface area (Å²) in [7, 11) is 5.10. The van der Waals surface area contributed by atoms with Crippen LogP contribution in [0.25, 0.3) is 0 Å². The van der Waals surface area contributed by atoms with E-state index in [0.29, 0.717) is 6.54 Å². The molecule has 0 aliphatic rings. The number of carbonyl (C=O) groups excluding carboxylic acids is 1. The van der Waals surface area contributed by atoms with E-state index < -0.39 is 0 Å². The number of methoxy groups -OCH3 is 1. The lowest BCUT2D eigenvalue weighted by Crippen LogP contribution is -2.34. The summed E-state index contributed by atoms with van der Waals surface area (Å²) in [5, 5.41) is 2.82. The van der Waals surface area contributed by atoms with E-state index in [4.69, 9.17) is 4.74 Å². The summed E-state index contributed by atoms with van der Waals surface area (Å²) in [5.41, 5.74) is 0.828. The van der Waals surface area contributed by atoms with Crippen molar-refractivity contribution in [3.8, 4) is 5.75 Å². The Balaban J connectivity index is 2.81. The first kappa shape index (κ1) is 11.5. The van der Waals surface area contributed by atoms with Crippen LogP contribution in [0.1, 0.15) is 0 Å². The Hall–Kier alpha value is -1.55. The minimum Gasteiger partial charge on any atom is -0.497 e. The van der Waals surface area contributed by atoms with Crippen molar-refractivity contribution in [2.75, 3.05) is 32.6 Å². The van der Waals surface area contributed by atoms with Crippen molar-refractivity contribution in [1.29, 1.82) is 0 Å². The molecule has 0 aliphatic carbocycles. The maximum Gasteiger partial charge on any atom is 0.240 e. The molecule has 15 heavy (non-hydrogen) atoms. The number of nitrogens with one attached hydrogen (secondary N) is 1. The summed E-state index contributed by atoms with van der Waals surface area (Å²) >= 11 is 0. The maximum atomic E-state index is 11.6. The van der Waals surface area contributed by atoms with Crippen LogP contribution in [0.3, 0.4) is 0 Å². The molecule has 1 aromatic rings. The molecule has 1 rings (SSSR count). The van der Waals surface area contributed by atoms with E-state index in [-0.39, 0.29) is 5.91 Å². The van der Waals surface area contributed by atoms with Crippen LogP contribution in [-0.2, 0) is 4.79 Å². The van der Waals surface area contributed by atoms with Crippen LogP contribution in [0.15, 0.2) is 24.3 Å². The molecule has 0 saturated heterocycles. The Morgan fingerprint density at radius 1 is 1.53 bits per heavy atom. The van der Waals surface area contributed by atoms with Crippen LogP contribution in [0.5, 0.6) is 5.75 Å². The average Bonchev–Trinajstić information content (AvgIpc) is 2.28. The van der Waals surface area contributed by atoms with Crippen molar-refractivity contribution in [1.82, 2.24) is 5.32 Å². The molecule has 0 saturated carbocycles. The van der Waals surface area contributed by atoms with Gasteiger partial charge in [0.1, 0.15) is 5.75 Å². The first-order valence-electron chi connectivity index (χ1n) is 4.74. The molecule has 1 N–H and O–H groups in total. The third-order valence-electron chi connectivity index (χ3n) is 2.14. The number of hydrogen-bond donors (Lipinski definition) is 1. The second-order valence-electron chi connectivity index (χ2n) is 3.18. The summed E-state index contributed by atoms with van der Waals surface area (Å²) in [6.45, 7) is 0.327. The average molecular weight is 208 g/mol. The first-order chi connectivity index (χ1) is 7.19. The molecule has 82 valence electrons. The minimum atomic E-state index is 0.0192. The van der Waals surface area contributed by atoms with Crippen LogP contribution >= 0.6 is 0 Å². The summed E-state index contributed by atoms with van der Waals surface area (Å²) in [6, 6.07) is 7.40. The highest BCUT2D eigenvalue weighted by atomic mass is 16.5. The van der Waals surface area contributed by atoms with Gasteiger partial charge in [-0.3, -0.25) is 4.79 Å². The van der Waals surface area contributed by atoms with E-state index in [0.717, 1.165) is 11.4 Å². The van der Waals surface area contributed by atoms with Gasteiger partial charge in [-0.2, -0.15) is 0 Å². The number of ether oxygens (including phenoxy) is 1. The Kier molecular flexibility index (Phi) is 4.12. The van der Waals surface area contributed by atoms with Gasteiger partial charge < -0.3 is 15.0 Å². The van der Waals surface area contributed by atoms with Gasteiger partial charge in [0.15, 0.2) is 0 Å². The lowest BCUT2D eigenvalue weighted by atomic mass is 10.2. The van der Waals surface area contributed by atoms with Gasteiger partial charge in [-0.25, -0.2) is 0 Å². The standard InChI is InChI=1S/C11H16N2O2/c1-12-8-11(14)13(2)9-5-4-6-10(7-9)15-3/h4-7,12H,8H2,1-3H3. The van der Waals surface area contributed by atoms with Crippen LogP contribution < -0.4 is 15.0 Å². The van der Waals surface area contributed by atoms with E-state index in [1.54, 1.807) is 26.1 Å². The van der Waals surface area contributed by atoms with Crippen molar-refractivity contribution in [2.24, 2.45) is 0 Å². The monoisotopic (exact) mass is 208 g/mol. The molecular weight excluding hydrogens is 192 g/mol. The molecular formula is C11H16N2O2. The van der Waals surface area contributed by atoms with Crippen LogP contribution in [-0.4, -0.2) is 33.7 Å². The molecule has 0 bridgehead atoms. The second-order valence-corrected chi connectivity index (χ2v) is 3.18. The van der Waals surface area contributed by atoms with E-state index in [9.17, 15) is 4.79 Å². The second kappa shape index (κ2) is 5.36. The molecule has 0 unspecified atom stereocenters. The van der Waals surface area contributed by atoms with Crippen molar-refractivity contribution < 1.29 is 9.53 Å². The van der Waals surface area contributed by atoms with E-state index in [2.05, 4.69) is 5.32 Å². The smallest absolute Gasteiger partial charge is 0.240 e. The van der Waals surface area contributed by atoms with Crippen molar-refractivity contribution in [2.45, 2.75) is 0 Å². The van der Waals surface area contributed by atoms with E-state index in [1.807, 2.05) is 24.3 Å². The topological polar surface area (TPSA) is 41.6 Å². The molecule has 4 nitrogen and oxygen atoms in total. The van der Waals surface area contributed by atoms with Gasteiger partial charge in [0, 0.05) is 18.8 Å². The van der Waals surface area contributed by atoms with Gasteiger partial charge in [0.2, 0.25) is 5.91 Å². The normalized spacial score (nSPS) is 9.80. The van der Waals surface area contributed by atoms with Gasteiger partial charge in [-0.15, -0.1) is 0 Å². The predicted octanol–water partition coefficient (Wildman–Crippen LogP) is 0.877. The van der Waals surface area contributed by atoms with E-state index in [1.165, 1.54) is 0 Å². The third kappa shape index (κ3) is 2.95. The van der Waals surface area contributed by atoms with Crippen LogP contribution in [0, 0.1) is 0 Å². The zero-order valence-corrected chi connectivity index (χ0v) is 9.28. The third-order valence-corrected chi connectivity index (χ3v) is 2.14. The lowest BCUT2D eigenvalue weighted by Gasteiger charge is -2.17. The predicted molar refractivity (Wildman–Crippen MR) is 60.3 cm³/mol. The molecule has 4 heteroatoms. The maximum absolute atomic E-state index is 11.6. The number of hydrogen-bond acceptors (Lipinski definition) is 3.